The molecule has 18 heavy (non-hydrogen) atoms. The van der Waals surface area contributed by atoms with E-state index >= 15 is 0 Å². The number of nitro benzene ring substituents is 1. The summed E-state index contributed by atoms with van der Waals surface area (Å²) in [7, 11) is 0. The molecule has 5 nitrogen and oxygen atoms in total. The van der Waals surface area contributed by atoms with Gasteiger partial charge in [0.25, 0.3) is 5.69 Å². The van der Waals surface area contributed by atoms with Crippen molar-refractivity contribution in [1.29, 1.82) is 0 Å². The normalized spacial score (nSPS) is 20.2. The number of hydrogen-bond donors (Lipinski definition) is 1. The van der Waals surface area contributed by atoms with Gasteiger partial charge < -0.3 is 5.11 Å². The summed E-state index contributed by atoms with van der Waals surface area (Å²) in [5.74, 6) is 0.335. The molecule has 0 radical (unpaired) electrons. The van der Waals surface area contributed by atoms with Gasteiger partial charge in [0.1, 0.15) is 0 Å². The number of halogens is 1. The molecule has 1 fully saturated rings. The molecule has 1 aromatic carbocycles. The molecule has 1 saturated heterocycles. The monoisotopic (exact) mass is 270 g/mol. The lowest BCUT2D eigenvalue weighted by atomic mass is 10.1. The molecular formula is C12H15ClN2O3. The number of non-ortho nitro benzene ring substituents is 1. The number of aliphatic hydroxyl groups excluding tert-OH is 1. The molecule has 1 atom stereocenters. The summed E-state index contributed by atoms with van der Waals surface area (Å²) in [6.45, 7) is 2.67. The van der Waals surface area contributed by atoms with Crippen molar-refractivity contribution in [2.75, 3.05) is 19.7 Å². The van der Waals surface area contributed by atoms with Crippen molar-refractivity contribution in [1.82, 2.24) is 4.90 Å². The standard InChI is InChI=1S/C12H15ClN2O3/c13-12-5-11(15(17)18)2-1-10(12)7-14-4-3-9(6-14)8-16/h1-2,5,9,16H,3-4,6-8H2. The third-order valence-corrected chi connectivity index (χ3v) is 3.62. The Morgan fingerprint density at radius 1 is 1.56 bits per heavy atom. The topological polar surface area (TPSA) is 66.6 Å². The highest BCUT2D eigenvalue weighted by atomic mass is 35.5. The lowest BCUT2D eigenvalue weighted by Gasteiger charge is -2.16. The number of rotatable bonds is 4. The van der Waals surface area contributed by atoms with E-state index in [0.29, 0.717) is 17.5 Å². The number of benzene rings is 1. The smallest absolute Gasteiger partial charge is 0.270 e. The highest BCUT2D eigenvalue weighted by Gasteiger charge is 2.22. The SMILES string of the molecule is O=[N+]([O-])c1ccc(CN2CCC(CO)C2)c(Cl)c1. The van der Waals surface area contributed by atoms with Crippen LogP contribution < -0.4 is 0 Å². The zero-order chi connectivity index (χ0) is 13.1. The number of likely N-dealkylation sites (tertiary alicyclic amines) is 1. The predicted octanol–water partition coefficient (Wildman–Crippen LogP) is 2.06. The van der Waals surface area contributed by atoms with Gasteiger partial charge in [-0.1, -0.05) is 11.6 Å². The molecule has 0 aromatic heterocycles. The summed E-state index contributed by atoms with van der Waals surface area (Å²) in [6, 6.07) is 4.56. The molecule has 1 heterocycles. The van der Waals surface area contributed by atoms with Crippen LogP contribution in [0.15, 0.2) is 18.2 Å². The average Bonchev–Trinajstić information content (AvgIpc) is 2.79. The third-order valence-electron chi connectivity index (χ3n) is 3.27. The minimum atomic E-state index is -0.451. The van der Waals surface area contributed by atoms with Crippen molar-refractivity contribution in [3.63, 3.8) is 0 Å². The van der Waals surface area contributed by atoms with E-state index in [9.17, 15) is 10.1 Å². The van der Waals surface area contributed by atoms with Crippen LogP contribution in [0.1, 0.15) is 12.0 Å². The fourth-order valence-electron chi connectivity index (χ4n) is 2.22. The summed E-state index contributed by atoms with van der Waals surface area (Å²) in [4.78, 5) is 12.4. The van der Waals surface area contributed by atoms with Gasteiger partial charge >= 0.3 is 0 Å². The first-order chi connectivity index (χ1) is 8.60. The zero-order valence-corrected chi connectivity index (χ0v) is 10.6. The van der Waals surface area contributed by atoms with Crippen LogP contribution in [0.25, 0.3) is 0 Å². The summed E-state index contributed by atoms with van der Waals surface area (Å²) in [5.41, 5.74) is 0.902. The second-order valence-electron chi connectivity index (χ2n) is 4.61. The molecule has 2 rings (SSSR count). The lowest BCUT2D eigenvalue weighted by molar-refractivity contribution is -0.384. The Bertz CT molecular complexity index is 453. The Morgan fingerprint density at radius 2 is 2.33 bits per heavy atom. The van der Waals surface area contributed by atoms with Gasteiger partial charge in [0, 0.05) is 31.8 Å². The van der Waals surface area contributed by atoms with Gasteiger partial charge in [0.15, 0.2) is 0 Å². The maximum Gasteiger partial charge on any atom is 0.270 e. The van der Waals surface area contributed by atoms with E-state index in [1.807, 2.05) is 0 Å². The Labute approximate surface area is 110 Å². The molecule has 0 aliphatic carbocycles. The second kappa shape index (κ2) is 5.65. The summed E-state index contributed by atoms with van der Waals surface area (Å²) < 4.78 is 0. The molecule has 0 saturated carbocycles. The van der Waals surface area contributed by atoms with Crippen LogP contribution in [0, 0.1) is 16.0 Å². The van der Waals surface area contributed by atoms with Gasteiger partial charge in [0.05, 0.1) is 9.95 Å². The van der Waals surface area contributed by atoms with Gasteiger partial charge in [-0.15, -0.1) is 0 Å². The Balaban J connectivity index is 2.04. The van der Waals surface area contributed by atoms with E-state index in [1.165, 1.54) is 12.1 Å². The molecule has 1 N–H and O–H groups in total. The minimum absolute atomic E-state index is 0.0124. The van der Waals surface area contributed by atoms with Crippen molar-refractivity contribution >= 4 is 17.3 Å². The van der Waals surface area contributed by atoms with Crippen LogP contribution in [0.3, 0.4) is 0 Å². The van der Waals surface area contributed by atoms with Crippen LogP contribution >= 0.6 is 11.6 Å². The van der Waals surface area contributed by atoms with Gasteiger partial charge in [-0.2, -0.15) is 0 Å². The lowest BCUT2D eigenvalue weighted by Crippen LogP contribution is -2.21. The maximum absolute atomic E-state index is 10.6. The van der Waals surface area contributed by atoms with Crippen LogP contribution in [-0.2, 0) is 6.54 Å². The van der Waals surface area contributed by atoms with E-state index in [4.69, 9.17) is 16.7 Å². The largest absolute Gasteiger partial charge is 0.396 e. The molecule has 1 aliphatic rings. The van der Waals surface area contributed by atoms with Crippen LogP contribution in [0.4, 0.5) is 5.69 Å². The number of hydrogen-bond acceptors (Lipinski definition) is 4. The fourth-order valence-corrected chi connectivity index (χ4v) is 2.46. The molecule has 1 aromatic rings. The van der Waals surface area contributed by atoms with E-state index < -0.39 is 4.92 Å². The first-order valence-electron chi connectivity index (χ1n) is 5.86. The van der Waals surface area contributed by atoms with Crippen molar-refractivity contribution in [3.05, 3.63) is 38.9 Å². The van der Waals surface area contributed by atoms with Crippen molar-refractivity contribution in [2.45, 2.75) is 13.0 Å². The predicted molar refractivity (Wildman–Crippen MR) is 68.6 cm³/mol. The second-order valence-corrected chi connectivity index (χ2v) is 5.01. The summed E-state index contributed by atoms with van der Waals surface area (Å²) >= 11 is 6.04. The summed E-state index contributed by atoms with van der Waals surface area (Å²) in [6.07, 6.45) is 0.987. The maximum atomic E-state index is 10.6. The molecule has 0 spiro atoms. The Kier molecular flexibility index (Phi) is 4.16. The van der Waals surface area contributed by atoms with Crippen LogP contribution in [-0.4, -0.2) is 34.6 Å². The first-order valence-corrected chi connectivity index (χ1v) is 6.24. The molecular weight excluding hydrogens is 256 g/mol. The number of aliphatic hydroxyl groups is 1. The van der Waals surface area contributed by atoms with Gasteiger partial charge in [-0.25, -0.2) is 0 Å². The van der Waals surface area contributed by atoms with Crippen molar-refractivity contribution in [3.8, 4) is 0 Å². The number of nitrogens with zero attached hydrogens (tertiary/aromatic N) is 2. The van der Waals surface area contributed by atoms with Crippen LogP contribution in [0.5, 0.6) is 0 Å². The van der Waals surface area contributed by atoms with E-state index in [2.05, 4.69) is 4.90 Å². The van der Waals surface area contributed by atoms with Gasteiger partial charge in [-0.05, 0) is 30.5 Å². The highest BCUT2D eigenvalue weighted by molar-refractivity contribution is 6.31. The van der Waals surface area contributed by atoms with Gasteiger partial charge in [0.2, 0.25) is 0 Å². The third kappa shape index (κ3) is 2.98. The highest BCUT2D eigenvalue weighted by Crippen LogP contribution is 2.25. The van der Waals surface area contributed by atoms with Crippen molar-refractivity contribution < 1.29 is 10.0 Å². The molecule has 0 amide bonds. The fraction of sp³-hybridized carbons (Fsp3) is 0.500. The first kappa shape index (κ1) is 13.3. The van der Waals surface area contributed by atoms with E-state index in [0.717, 1.165) is 25.1 Å². The number of nitro groups is 1. The molecule has 1 aliphatic heterocycles. The molecule has 1 unspecified atom stereocenters. The van der Waals surface area contributed by atoms with E-state index in [-0.39, 0.29) is 12.3 Å². The quantitative estimate of drug-likeness (QED) is 0.672. The van der Waals surface area contributed by atoms with Crippen LogP contribution in [0.2, 0.25) is 5.02 Å². The van der Waals surface area contributed by atoms with Crippen molar-refractivity contribution in [2.24, 2.45) is 5.92 Å². The Hall–Kier alpha value is -1.17. The molecule has 0 bridgehead atoms. The Morgan fingerprint density at radius 3 is 2.89 bits per heavy atom. The van der Waals surface area contributed by atoms with E-state index in [1.54, 1.807) is 6.07 Å². The molecule has 98 valence electrons. The molecule has 6 heteroatoms. The minimum Gasteiger partial charge on any atom is -0.396 e. The summed E-state index contributed by atoms with van der Waals surface area (Å²) in [5, 5.41) is 20.1. The zero-order valence-electron chi connectivity index (χ0n) is 9.88. The average molecular weight is 271 g/mol. The van der Waals surface area contributed by atoms with Gasteiger partial charge in [-0.3, -0.25) is 15.0 Å².